The molecule has 1 aliphatic heterocycles. The summed E-state index contributed by atoms with van der Waals surface area (Å²) in [5.41, 5.74) is 1.64. The maximum absolute atomic E-state index is 10.2. The lowest BCUT2D eigenvalue weighted by Crippen LogP contribution is -2.58. The Morgan fingerprint density at radius 3 is 2.66 bits per heavy atom. The van der Waals surface area contributed by atoms with Crippen molar-refractivity contribution in [1.29, 1.82) is 0 Å². The molecule has 1 heterocycles. The van der Waals surface area contributed by atoms with E-state index in [1.807, 2.05) is 6.92 Å². The van der Waals surface area contributed by atoms with E-state index < -0.39 is 37.1 Å². The summed E-state index contributed by atoms with van der Waals surface area (Å²) in [5.74, 6) is 0.162. The molecule has 0 bridgehead atoms. The predicted octanol–water partition coefficient (Wildman–Crippen LogP) is 1.87. The molecule has 0 aromatic heterocycles. The molecule has 0 aromatic carbocycles. The lowest BCUT2D eigenvalue weighted by Gasteiger charge is -2.40. The highest BCUT2D eigenvalue weighted by Gasteiger charge is 2.43. The van der Waals surface area contributed by atoms with Crippen molar-refractivity contribution < 1.29 is 29.9 Å². The van der Waals surface area contributed by atoms with Crippen LogP contribution in [0, 0.1) is 5.92 Å². The van der Waals surface area contributed by atoms with E-state index in [0.29, 0.717) is 12.2 Å². The Kier molecular flexibility index (Phi) is 9.56. The molecule has 4 N–H and O–H groups in total. The zero-order valence-electron chi connectivity index (χ0n) is 17.0. The summed E-state index contributed by atoms with van der Waals surface area (Å²) < 4.78 is 11.1. The molecule has 1 aliphatic carbocycles. The molecular weight excluding hydrogens is 396 g/mol. The Labute approximate surface area is 177 Å². The van der Waals surface area contributed by atoms with Crippen LogP contribution >= 0.6 is 11.6 Å². The van der Waals surface area contributed by atoms with Gasteiger partial charge in [0, 0.05) is 6.61 Å². The van der Waals surface area contributed by atoms with E-state index in [2.05, 4.69) is 31.7 Å². The van der Waals surface area contributed by atoms with E-state index in [4.69, 9.17) is 21.1 Å². The number of rotatable bonds is 9. The summed E-state index contributed by atoms with van der Waals surface area (Å²) in [6.45, 7) is 8.15. The minimum atomic E-state index is -1.42. The minimum Gasteiger partial charge on any atom is -0.394 e. The summed E-state index contributed by atoms with van der Waals surface area (Å²) in [7, 11) is 0. The average molecular weight is 429 g/mol. The first-order valence-corrected chi connectivity index (χ1v) is 10.5. The van der Waals surface area contributed by atoms with E-state index in [1.54, 1.807) is 12.2 Å². The molecular formula is C22H33ClO6. The van der Waals surface area contributed by atoms with Crippen LogP contribution in [0.15, 0.2) is 48.1 Å². The zero-order valence-corrected chi connectivity index (χ0v) is 17.8. The molecule has 2 aliphatic rings. The number of allylic oxidation sites excluding steroid dienone is 3. The van der Waals surface area contributed by atoms with Crippen LogP contribution < -0.4 is 0 Å². The summed E-state index contributed by atoms with van der Waals surface area (Å²) >= 11 is 6.52. The number of aliphatic hydroxyl groups excluding tert-OH is 4. The van der Waals surface area contributed by atoms with Crippen LogP contribution in [0.4, 0.5) is 0 Å². The molecule has 3 unspecified atom stereocenters. The third-order valence-corrected chi connectivity index (χ3v) is 5.95. The van der Waals surface area contributed by atoms with Gasteiger partial charge in [0.2, 0.25) is 0 Å². The Morgan fingerprint density at radius 1 is 1.34 bits per heavy atom. The van der Waals surface area contributed by atoms with E-state index >= 15 is 0 Å². The molecule has 1 saturated heterocycles. The van der Waals surface area contributed by atoms with Gasteiger partial charge in [0.1, 0.15) is 30.5 Å². The van der Waals surface area contributed by atoms with Crippen molar-refractivity contribution in [3.05, 3.63) is 48.1 Å². The van der Waals surface area contributed by atoms with Crippen LogP contribution in [0.5, 0.6) is 0 Å². The van der Waals surface area contributed by atoms with E-state index in [0.717, 1.165) is 12.8 Å². The third-order valence-electron chi connectivity index (χ3n) is 5.37. The Balaban J connectivity index is 1.89. The zero-order chi connectivity index (χ0) is 21.6. The van der Waals surface area contributed by atoms with Gasteiger partial charge in [0.15, 0.2) is 0 Å². The first kappa shape index (κ1) is 24.3. The molecule has 0 amide bonds. The molecule has 0 aromatic rings. The second-order valence-corrected chi connectivity index (χ2v) is 8.18. The molecule has 164 valence electrons. The molecule has 29 heavy (non-hydrogen) atoms. The molecule has 0 radical (unpaired) electrons. The lowest BCUT2D eigenvalue weighted by molar-refractivity contribution is -0.218. The summed E-state index contributed by atoms with van der Waals surface area (Å²) in [5, 5.41) is 39.0. The summed E-state index contributed by atoms with van der Waals surface area (Å²) in [6, 6.07) is 0. The lowest BCUT2D eigenvalue weighted by atomic mass is 9.90. The maximum atomic E-state index is 10.2. The standard InChI is InChI=1S/C22H33ClO6/c1-4-28-16-8-6-15(7-9-16)11-14(3)17(23)10-5-13(2)22-21(27)20(26)19(25)18(12-24)29-22/h5-8,10,14,16-22,24-27H,2,4,9,11-12H2,1,3H3/b10-5-/t14?,16?,17?,18-,19-,20+,21-,22+/m1/s1. The van der Waals surface area contributed by atoms with Gasteiger partial charge in [-0.05, 0) is 31.3 Å². The Morgan fingerprint density at radius 2 is 2.07 bits per heavy atom. The normalized spacial score (nSPS) is 34.8. The van der Waals surface area contributed by atoms with Crippen LogP contribution in [0.1, 0.15) is 26.7 Å². The molecule has 7 heteroatoms. The number of alkyl halides is 1. The average Bonchev–Trinajstić information content (AvgIpc) is 2.71. The second-order valence-electron chi connectivity index (χ2n) is 7.68. The minimum absolute atomic E-state index is 0.146. The highest BCUT2D eigenvalue weighted by molar-refractivity contribution is 6.22. The number of ether oxygens (including phenoxy) is 2. The van der Waals surface area contributed by atoms with Crippen molar-refractivity contribution in [3.63, 3.8) is 0 Å². The van der Waals surface area contributed by atoms with Crippen molar-refractivity contribution in [3.8, 4) is 0 Å². The van der Waals surface area contributed by atoms with E-state index in [-0.39, 0.29) is 17.4 Å². The fourth-order valence-electron chi connectivity index (χ4n) is 3.53. The van der Waals surface area contributed by atoms with Gasteiger partial charge in [-0.25, -0.2) is 0 Å². The number of aliphatic hydroxyl groups is 4. The second kappa shape index (κ2) is 11.4. The molecule has 0 saturated carbocycles. The van der Waals surface area contributed by atoms with Crippen LogP contribution in [-0.4, -0.2) is 75.6 Å². The van der Waals surface area contributed by atoms with Crippen molar-refractivity contribution in [2.45, 2.75) is 68.7 Å². The highest BCUT2D eigenvalue weighted by atomic mass is 35.5. The Hall–Kier alpha value is -0.990. The van der Waals surface area contributed by atoms with Gasteiger partial charge in [-0.15, -0.1) is 11.6 Å². The van der Waals surface area contributed by atoms with Crippen molar-refractivity contribution in [1.82, 2.24) is 0 Å². The van der Waals surface area contributed by atoms with Crippen LogP contribution in [0.3, 0.4) is 0 Å². The first-order chi connectivity index (χ1) is 13.8. The van der Waals surface area contributed by atoms with Crippen molar-refractivity contribution >= 4 is 11.6 Å². The van der Waals surface area contributed by atoms with Gasteiger partial charge in [-0.1, -0.05) is 49.5 Å². The molecule has 0 spiro atoms. The Bertz CT molecular complexity index is 629. The van der Waals surface area contributed by atoms with Crippen LogP contribution in [0.25, 0.3) is 0 Å². The fraction of sp³-hybridized carbons (Fsp3) is 0.636. The van der Waals surface area contributed by atoms with Gasteiger partial charge in [0.25, 0.3) is 0 Å². The topological polar surface area (TPSA) is 99.4 Å². The first-order valence-electron chi connectivity index (χ1n) is 10.1. The smallest absolute Gasteiger partial charge is 0.113 e. The predicted molar refractivity (Wildman–Crippen MR) is 113 cm³/mol. The maximum Gasteiger partial charge on any atom is 0.113 e. The SMILES string of the molecule is C=C(/C=C\C(Cl)C(C)CC1=CCC(OCC)C=C1)[C@@H]1O[C@H](CO)[C@@H](O)[C@H](O)[C@H]1O. The molecule has 2 rings (SSSR count). The third kappa shape index (κ3) is 6.49. The number of hydrogen-bond acceptors (Lipinski definition) is 6. The van der Waals surface area contributed by atoms with Gasteiger partial charge >= 0.3 is 0 Å². The largest absolute Gasteiger partial charge is 0.394 e. The molecule has 8 atom stereocenters. The summed E-state index contributed by atoms with van der Waals surface area (Å²) in [6.07, 6.45) is 5.57. The van der Waals surface area contributed by atoms with E-state index in [1.165, 1.54) is 5.57 Å². The highest BCUT2D eigenvalue weighted by Crippen LogP contribution is 2.28. The van der Waals surface area contributed by atoms with E-state index in [9.17, 15) is 20.4 Å². The monoisotopic (exact) mass is 428 g/mol. The van der Waals surface area contributed by atoms with Crippen LogP contribution in [-0.2, 0) is 9.47 Å². The van der Waals surface area contributed by atoms with Gasteiger partial charge in [-0.3, -0.25) is 0 Å². The fourth-order valence-corrected chi connectivity index (χ4v) is 3.69. The van der Waals surface area contributed by atoms with Gasteiger partial charge in [0.05, 0.1) is 18.1 Å². The number of hydrogen-bond donors (Lipinski definition) is 4. The van der Waals surface area contributed by atoms with Gasteiger partial charge < -0.3 is 29.9 Å². The summed E-state index contributed by atoms with van der Waals surface area (Å²) in [4.78, 5) is 0. The quantitative estimate of drug-likeness (QED) is 0.330. The number of halogens is 1. The van der Waals surface area contributed by atoms with Crippen LogP contribution in [0.2, 0.25) is 0 Å². The van der Waals surface area contributed by atoms with Gasteiger partial charge in [-0.2, -0.15) is 0 Å². The van der Waals surface area contributed by atoms with Crippen molar-refractivity contribution in [2.24, 2.45) is 5.92 Å². The van der Waals surface area contributed by atoms with Crippen molar-refractivity contribution in [2.75, 3.05) is 13.2 Å². The molecule has 1 fully saturated rings. The molecule has 6 nitrogen and oxygen atoms in total.